The highest BCUT2D eigenvalue weighted by molar-refractivity contribution is 5.55. The van der Waals surface area contributed by atoms with E-state index in [2.05, 4.69) is 48.1 Å². The van der Waals surface area contributed by atoms with Crippen LogP contribution in [-0.2, 0) is 6.42 Å². The molecule has 0 saturated heterocycles. The smallest absolute Gasteiger partial charge is 0.159 e. The predicted molar refractivity (Wildman–Crippen MR) is 126 cm³/mol. The van der Waals surface area contributed by atoms with Crippen molar-refractivity contribution in [3.05, 3.63) is 42.2 Å². The summed E-state index contributed by atoms with van der Waals surface area (Å²) in [7, 11) is 0. The zero-order valence-electron chi connectivity index (χ0n) is 19.1. The molecule has 1 saturated carbocycles. The Hall–Kier alpha value is -1.90. The van der Waals surface area contributed by atoms with Gasteiger partial charge in [-0.15, -0.1) is 0 Å². The van der Waals surface area contributed by atoms with Crippen LogP contribution in [0.15, 0.2) is 36.7 Å². The quantitative estimate of drug-likeness (QED) is 0.338. The van der Waals surface area contributed by atoms with E-state index >= 15 is 0 Å². The molecule has 0 bridgehead atoms. The predicted octanol–water partition coefficient (Wildman–Crippen LogP) is 7.64. The van der Waals surface area contributed by atoms with E-state index in [9.17, 15) is 0 Å². The first-order chi connectivity index (χ1) is 14.8. The van der Waals surface area contributed by atoms with Crippen molar-refractivity contribution in [1.82, 2.24) is 9.97 Å². The van der Waals surface area contributed by atoms with Crippen molar-refractivity contribution in [2.24, 2.45) is 11.8 Å². The summed E-state index contributed by atoms with van der Waals surface area (Å²) in [5, 5.41) is 0. The van der Waals surface area contributed by atoms with Crippen LogP contribution in [0.5, 0.6) is 5.75 Å². The maximum absolute atomic E-state index is 5.65. The maximum atomic E-state index is 5.65. The standard InChI is InChI=1S/C27H40N2O/c1-3-5-7-8-22-9-11-23(12-10-22)13-14-24-15-17-25(18-16-24)27-28-20-26(21-29-27)30-19-6-4-2/h15-18,20-23H,3-14,19H2,1-2H3. The van der Waals surface area contributed by atoms with Gasteiger partial charge < -0.3 is 4.74 Å². The maximum Gasteiger partial charge on any atom is 0.159 e. The van der Waals surface area contributed by atoms with Gasteiger partial charge in [-0.05, 0) is 36.7 Å². The average molecular weight is 409 g/mol. The first-order valence-electron chi connectivity index (χ1n) is 12.3. The van der Waals surface area contributed by atoms with Gasteiger partial charge in [-0.2, -0.15) is 0 Å². The topological polar surface area (TPSA) is 35.0 Å². The molecule has 0 amide bonds. The number of unbranched alkanes of at least 4 members (excludes halogenated alkanes) is 3. The molecule has 0 spiro atoms. The molecule has 1 aliphatic carbocycles. The van der Waals surface area contributed by atoms with Crippen LogP contribution in [0.25, 0.3) is 11.4 Å². The lowest BCUT2D eigenvalue weighted by Crippen LogP contribution is -2.15. The molecule has 2 aromatic rings. The Kier molecular flexibility index (Phi) is 9.66. The van der Waals surface area contributed by atoms with E-state index < -0.39 is 0 Å². The van der Waals surface area contributed by atoms with Gasteiger partial charge in [0.05, 0.1) is 19.0 Å². The van der Waals surface area contributed by atoms with Crippen molar-refractivity contribution in [2.75, 3.05) is 6.61 Å². The summed E-state index contributed by atoms with van der Waals surface area (Å²) >= 11 is 0. The number of hydrogen-bond acceptors (Lipinski definition) is 3. The normalized spacial score (nSPS) is 19.0. The van der Waals surface area contributed by atoms with Crippen LogP contribution in [0, 0.1) is 11.8 Å². The Balaban J connectivity index is 1.41. The van der Waals surface area contributed by atoms with E-state index in [-0.39, 0.29) is 0 Å². The number of nitrogens with zero attached hydrogens (tertiary/aromatic N) is 2. The summed E-state index contributed by atoms with van der Waals surface area (Å²) in [6.07, 6.45) is 19.8. The minimum absolute atomic E-state index is 0.731. The van der Waals surface area contributed by atoms with E-state index in [4.69, 9.17) is 4.74 Å². The van der Waals surface area contributed by atoms with E-state index in [0.717, 1.165) is 48.4 Å². The lowest BCUT2D eigenvalue weighted by molar-refractivity contribution is 0.249. The summed E-state index contributed by atoms with van der Waals surface area (Å²) < 4.78 is 5.65. The van der Waals surface area contributed by atoms with Gasteiger partial charge in [0.1, 0.15) is 0 Å². The fourth-order valence-corrected chi connectivity index (χ4v) is 4.56. The highest BCUT2D eigenvalue weighted by atomic mass is 16.5. The van der Waals surface area contributed by atoms with Gasteiger partial charge >= 0.3 is 0 Å². The second-order valence-electron chi connectivity index (χ2n) is 9.06. The van der Waals surface area contributed by atoms with Crippen molar-refractivity contribution >= 4 is 0 Å². The van der Waals surface area contributed by atoms with E-state index in [1.54, 1.807) is 12.4 Å². The van der Waals surface area contributed by atoms with Gasteiger partial charge in [0.15, 0.2) is 11.6 Å². The second-order valence-corrected chi connectivity index (χ2v) is 9.06. The molecular weight excluding hydrogens is 368 g/mol. The summed E-state index contributed by atoms with van der Waals surface area (Å²) in [5.41, 5.74) is 2.51. The third kappa shape index (κ3) is 7.41. The van der Waals surface area contributed by atoms with Crippen molar-refractivity contribution in [2.45, 2.75) is 90.9 Å². The Morgan fingerprint density at radius 1 is 0.800 bits per heavy atom. The second kappa shape index (κ2) is 12.7. The number of hydrogen-bond donors (Lipinski definition) is 0. The highest BCUT2D eigenvalue weighted by Crippen LogP contribution is 2.34. The Morgan fingerprint density at radius 2 is 1.43 bits per heavy atom. The summed E-state index contributed by atoms with van der Waals surface area (Å²) in [4.78, 5) is 8.95. The van der Waals surface area contributed by atoms with Gasteiger partial charge in [-0.25, -0.2) is 9.97 Å². The van der Waals surface area contributed by atoms with Crippen LogP contribution < -0.4 is 4.74 Å². The molecule has 1 fully saturated rings. The molecule has 1 aromatic heterocycles. The lowest BCUT2D eigenvalue weighted by atomic mass is 9.78. The van der Waals surface area contributed by atoms with Gasteiger partial charge in [0, 0.05) is 5.56 Å². The Bertz CT molecular complexity index is 703. The van der Waals surface area contributed by atoms with Crippen molar-refractivity contribution in [3.63, 3.8) is 0 Å². The SMILES string of the molecule is CCCCCC1CCC(CCc2ccc(-c3ncc(OCCCC)cn3)cc2)CC1. The van der Waals surface area contributed by atoms with Gasteiger partial charge in [0.2, 0.25) is 0 Å². The highest BCUT2D eigenvalue weighted by Gasteiger charge is 2.20. The number of aromatic nitrogens is 2. The largest absolute Gasteiger partial charge is 0.490 e. The summed E-state index contributed by atoms with van der Waals surface area (Å²) in [6.45, 7) is 5.19. The molecule has 0 atom stereocenters. The van der Waals surface area contributed by atoms with Crippen LogP contribution in [0.4, 0.5) is 0 Å². The molecule has 0 radical (unpaired) electrons. The molecule has 3 rings (SSSR count). The van der Waals surface area contributed by atoms with Crippen molar-refractivity contribution in [1.29, 1.82) is 0 Å². The van der Waals surface area contributed by atoms with Crippen LogP contribution in [-0.4, -0.2) is 16.6 Å². The average Bonchev–Trinajstić information content (AvgIpc) is 2.80. The molecule has 1 aliphatic rings. The van der Waals surface area contributed by atoms with Crippen molar-refractivity contribution in [3.8, 4) is 17.1 Å². The minimum atomic E-state index is 0.731. The van der Waals surface area contributed by atoms with Crippen molar-refractivity contribution < 1.29 is 4.74 Å². The lowest BCUT2D eigenvalue weighted by Gasteiger charge is -2.28. The zero-order chi connectivity index (χ0) is 21.0. The van der Waals surface area contributed by atoms with Crippen LogP contribution in [0.1, 0.15) is 90.0 Å². The van der Waals surface area contributed by atoms with E-state index in [1.807, 2.05) is 0 Å². The zero-order valence-corrected chi connectivity index (χ0v) is 19.1. The molecule has 164 valence electrons. The fraction of sp³-hybridized carbons (Fsp3) is 0.630. The monoisotopic (exact) mass is 408 g/mol. The van der Waals surface area contributed by atoms with E-state index in [1.165, 1.54) is 69.8 Å². The fourth-order valence-electron chi connectivity index (χ4n) is 4.56. The Labute approximate surface area is 183 Å². The van der Waals surface area contributed by atoms with Crippen LogP contribution >= 0.6 is 0 Å². The third-order valence-corrected chi connectivity index (χ3v) is 6.63. The molecule has 1 aromatic carbocycles. The molecule has 0 unspecified atom stereocenters. The van der Waals surface area contributed by atoms with Gasteiger partial charge in [-0.3, -0.25) is 0 Å². The first-order valence-corrected chi connectivity index (χ1v) is 12.3. The minimum Gasteiger partial charge on any atom is -0.490 e. The van der Waals surface area contributed by atoms with Crippen LogP contribution in [0.2, 0.25) is 0 Å². The summed E-state index contributed by atoms with van der Waals surface area (Å²) in [5.74, 6) is 3.46. The van der Waals surface area contributed by atoms with Gasteiger partial charge in [0.25, 0.3) is 0 Å². The number of aryl methyl sites for hydroxylation is 1. The van der Waals surface area contributed by atoms with E-state index in [0.29, 0.717) is 0 Å². The molecule has 1 heterocycles. The van der Waals surface area contributed by atoms with Gasteiger partial charge in [-0.1, -0.05) is 95.9 Å². The molecule has 0 aliphatic heterocycles. The third-order valence-electron chi connectivity index (χ3n) is 6.63. The number of benzene rings is 1. The number of rotatable bonds is 12. The number of ether oxygens (including phenoxy) is 1. The molecular formula is C27H40N2O. The first kappa shape index (κ1) is 22.8. The van der Waals surface area contributed by atoms with Crippen LogP contribution in [0.3, 0.4) is 0 Å². The molecule has 3 nitrogen and oxygen atoms in total. The molecule has 3 heteroatoms. The summed E-state index contributed by atoms with van der Waals surface area (Å²) in [6, 6.07) is 8.82. The Morgan fingerprint density at radius 3 is 2.07 bits per heavy atom. The molecule has 0 N–H and O–H groups in total. The molecule has 30 heavy (non-hydrogen) atoms.